The zero-order valence-electron chi connectivity index (χ0n) is 11.3. The van der Waals surface area contributed by atoms with E-state index >= 15 is 0 Å². The Labute approximate surface area is 108 Å². The standard InChI is InChI=1S/C16H18O2/c1-11-9-10-18-15(11)14(17)12-5-7-13(8-6-12)16(2,3)4/h5-10H,1-4H3. The van der Waals surface area contributed by atoms with Crippen LogP contribution in [0.15, 0.2) is 41.0 Å². The lowest BCUT2D eigenvalue weighted by molar-refractivity contribution is 0.101. The van der Waals surface area contributed by atoms with Gasteiger partial charge in [0.25, 0.3) is 0 Å². The molecule has 0 bridgehead atoms. The van der Waals surface area contributed by atoms with Gasteiger partial charge in [-0.15, -0.1) is 0 Å². The van der Waals surface area contributed by atoms with Gasteiger partial charge >= 0.3 is 0 Å². The summed E-state index contributed by atoms with van der Waals surface area (Å²) < 4.78 is 5.23. The SMILES string of the molecule is Cc1ccoc1C(=O)c1ccc(C(C)(C)C)cc1. The predicted octanol–water partition coefficient (Wildman–Crippen LogP) is 4.12. The van der Waals surface area contributed by atoms with Gasteiger partial charge in [-0.25, -0.2) is 0 Å². The Hall–Kier alpha value is -1.83. The summed E-state index contributed by atoms with van der Waals surface area (Å²) in [6, 6.07) is 9.55. The van der Waals surface area contributed by atoms with Gasteiger partial charge in [-0.3, -0.25) is 4.79 Å². The van der Waals surface area contributed by atoms with Gasteiger partial charge in [-0.1, -0.05) is 45.0 Å². The molecule has 1 heterocycles. The molecule has 0 amide bonds. The third-order valence-corrected chi connectivity index (χ3v) is 3.08. The van der Waals surface area contributed by atoms with E-state index in [1.54, 1.807) is 12.3 Å². The maximum absolute atomic E-state index is 12.2. The molecule has 0 radical (unpaired) electrons. The first kappa shape index (κ1) is 12.6. The molecule has 0 aliphatic rings. The number of benzene rings is 1. The average Bonchev–Trinajstić information content (AvgIpc) is 2.73. The smallest absolute Gasteiger partial charge is 0.228 e. The van der Waals surface area contributed by atoms with Crippen LogP contribution in [0.25, 0.3) is 0 Å². The van der Waals surface area contributed by atoms with Gasteiger partial charge in [0.1, 0.15) is 0 Å². The van der Waals surface area contributed by atoms with Gasteiger partial charge in [0.15, 0.2) is 5.76 Å². The first-order valence-corrected chi connectivity index (χ1v) is 6.09. The Bertz CT molecular complexity index is 554. The second kappa shape index (κ2) is 4.45. The number of hydrogen-bond acceptors (Lipinski definition) is 2. The second-order valence-electron chi connectivity index (χ2n) is 5.59. The van der Waals surface area contributed by atoms with Crippen molar-refractivity contribution in [3.63, 3.8) is 0 Å². The zero-order valence-corrected chi connectivity index (χ0v) is 11.3. The summed E-state index contributed by atoms with van der Waals surface area (Å²) in [5, 5.41) is 0. The number of rotatable bonds is 2. The predicted molar refractivity (Wildman–Crippen MR) is 72.0 cm³/mol. The molecule has 0 aliphatic carbocycles. The molecule has 18 heavy (non-hydrogen) atoms. The van der Waals surface area contributed by atoms with E-state index in [-0.39, 0.29) is 11.2 Å². The fourth-order valence-electron chi connectivity index (χ4n) is 1.86. The highest BCUT2D eigenvalue weighted by atomic mass is 16.3. The van der Waals surface area contributed by atoms with Crippen molar-refractivity contribution in [2.75, 3.05) is 0 Å². The molecule has 94 valence electrons. The minimum Gasteiger partial charge on any atom is -0.461 e. The minimum absolute atomic E-state index is 0.0574. The molecule has 2 aromatic rings. The summed E-state index contributed by atoms with van der Waals surface area (Å²) >= 11 is 0. The molecule has 2 rings (SSSR count). The van der Waals surface area contributed by atoms with Gasteiger partial charge < -0.3 is 4.42 Å². The first-order chi connectivity index (χ1) is 8.39. The van der Waals surface area contributed by atoms with E-state index in [0.29, 0.717) is 11.3 Å². The summed E-state index contributed by atoms with van der Waals surface area (Å²) in [7, 11) is 0. The largest absolute Gasteiger partial charge is 0.461 e. The molecular weight excluding hydrogens is 224 g/mol. The second-order valence-corrected chi connectivity index (χ2v) is 5.59. The van der Waals surface area contributed by atoms with Crippen LogP contribution in [0, 0.1) is 6.92 Å². The third-order valence-electron chi connectivity index (χ3n) is 3.08. The molecule has 0 saturated carbocycles. The van der Waals surface area contributed by atoms with Crippen LogP contribution in [-0.2, 0) is 5.41 Å². The highest BCUT2D eigenvalue weighted by molar-refractivity contribution is 6.07. The number of carbonyl (C=O) groups excluding carboxylic acids is 1. The number of aryl methyl sites for hydroxylation is 1. The molecular formula is C16H18O2. The fraction of sp³-hybridized carbons (Fsp3) is 0.312. The van der Waals surface area contributed by atoms with E-state index in [0.717, 1.165) is 5.56 Å². The van der Waals surface area contributed by atoms with E-state index in [4.69, 9.17) is 4.42 Å². The normalized spacial score (nSPS) is 11.6. The summed E-state index contributed by atoms with van der Waals surface area (Å²) in [6.07, 6.45) is 1.55. The Morgan fingerprint density at radius 1 is 1.06 bits per heavy atom. The lowest BCUT2D eigenvalue weighted by atomic mass is 9.86. The van der Waals surface area contributed by atoms with Crippen molar-refractivity contribution in [3.05, 3.63) is 59.0 Å². The quantitative estimate of drug-likeness (QED) is 0.742. The van der Waals surface area contributed by atoms with Crippen LogP contribution in [-0.4, -0.2) is 5.78 Å². The Balaban J connectivity index is 2.31. The van der Waals surface area contributed by atoms with Gasteiger partial charge in [-0.05, 0) is 29.5 Å². The molecule has 1 aromatic heterocycles. The summed E-state index contributed by atoms with van der Waals surface area (Å²) in [6.45, 7) is 8.34. The van der Waals surface area contributed by atoms with Crippen molar-refractivity contribution in [2.24, 2.45) is 0 Å². The molecule has 0 spiro atoms. The number of carbonyl (C=O) groups is 1. The number of furan rings is 1. The van der Waals surface area contributed by atoms with Crippen molar-refractivity contribution in [3.8, 4) is 0 Å². The van der Waals surface area contributed by atoms with Gasteiger partial charge in [-0.2, -0.15) is 0 Å². The molecule has 0 saturated heterocycles. The third kappa shape index (κ3) is 2.37. The number of ketones is 1. The van der Waals surface area contributed by atoms with Crippen molar-refractivity contribution in [1.29, 1.82) is 0 Å². The van der Waals surface area contributed by atoms with Crippen LogP contribution < -0.4 is 0 Å². The molecule has 2 heteroatoms. The van der Waals surface area contributed by atoms with E-state index in [9.17, 15) is 4.79 Å². The van der Waals surface area contributed by atoms with Crippen molar-refractivity contribution in [2.45, 2.75) is 33.1 Å². The molecule has 0 unspecified atom stereocenters. The van der Waals surface area contributed by atoms with Crippen LogP contribution in [0.2, 0.25) is 0 Å². The first-order valence-electron chi connectivity index (χ1n) is 6.09. The highest BCUT2D eigenvalue weighted by Crippen LogP contribution is 2.23. The van der Waals surface area contributed by atoms with Gasteiger partial charge in [0, 0.05) is 5.56 Å². The fourth-order valence-corrected chi connectivity index (χ4v) is 1.86. The molecule has 2 nitrogen and oxygen atoms in total. The maximum atomic E-state index is 12.2. The van der Waals surface area contributed by atoms with Crippen molar-refractivity contribution >= 4 is 5.78 Å². The van der Waals surface area contributed by atoms with Crippen molar-refractivity contribution < 1.29 is 9.21 Å². The van der Waals surface area contributed by atoms with E-state index in [1.807, 2.05) is 31.2 Å². The lowest BCUT2D eigenvalue weighted by Crippen LogP contribution is -2.11. The van der Waals surface area contributed by atoms with E-state index < -0.39 is 0 Å². The monoisotopic (exact) mass is 242 g/mol. The minimum atomic E-state index is -0.0574. The molecule has 0 atom stereocenters. The summed E-state index contributed by atoms with van der Waals surface area (Å²) in [4.78, 5) is 12.2. The molecule has 1 aromatic carbocycles. The Morgan fingerprint density at radius 2 is 1.67 bits per heavy atom. The van der Waals surface area contributed by atoms with Crippen LogP contribution >= 0.6 is 0 Å². The number of hydrogen-bond donors (Lipinski definition) is 0. The molecule has 0 aliphatic heterocycles. The van der Waals surface area contributed by atoms with Crippen LogP contribution in [0.1, 0.15) is 48.0 Å². The molecule has 0 N–H and O–H groups in total. The zero-order chi connectivity index (χ0) is 13.3. The van der Waals surface area contributed by atoms with Crippen LogP contribution in [0.5, 0.6) is 0 Å². The van der Waals surface area contributed by atoms with E-state index in [1.165, 1.54) is 5.56 Å². The van der Waals surface area contributed by atoms with Crippen LogP contribution in [0.3, 0.4) is 0 Å². The Morgan fingerprint density at radius 3 is 2.11 bits per heavy atom. The summed E-state index contributed by atoms with van der Waals surface area (Å²) in [5.41, 5.74) is 2.86. The molecule has 0 fully saturated rings. The topological polar surface area (TPSA) is 30.2 Å². The van der Waals surface area contributed by atoms with E-state index in [2.05, 4.69) is 20.8 Å². The van der Waals surface area contributed by atoms with Gasteiger partial charge in [0.05, 0.1) is 6.26 Å². The Kier molecular flexibility index (Phi) is 3.12. The summed E-state index contributed by atoms with van der Waals surface area (Å²) in [5.74, 6) is 0.372. The lowest BCUT2D eigenvalue weighted by Gasteiger charge is -2.18. The van der Waals surface area contributed by atoms with Crippen molar-refractivity contribution in [1.82, 2.24) is 0 Å². The average molecular weight is 242 g/mol. The van der Waals surface area contributed by atoms with Gasteiger partial charge in [0.2, 0.25) is 5.78 Å². The highest BCUT2D eigenvalue weighted by Gasteiger charge is 2.17. The van der Waals surface area contributed by atoms with Crippen LogP contribution in [0.4, 0.5) is 0 Å². The maximum Gasteiger partial charge on any atom is 0.228 e.